The van der Waals surface area contributed by atoms with Crippen LogP contribution >= 0.6 is 69.6 Å². The second-order valence-electron chi connectivity index (χ2n) is 34.8. The van der Waals surface area contributed by atoms with Gasteiger partial charge in [-0.1, -0.05) is 130 Å². The van der Waals surface area contributed by atoms with Crippen LogP contribution < -0.4 is 0 Å². The van der Waals surface area contributed by atoms with Gasteiger partial charge in [0.15, 0.2) is 60.0 Å². The number of Topliss-reactive ketones (excluding diaryl/α,β-unsaturated/α-hetero) is 2. The van der Waals surface area contributed by atoms with Gasteiger partial charge in [0, 0.05) is 237 Å². The van der Waals surface area contributed by atoms with Crippen molar-refractivity contribution in [1.29, 1.82) is 0 Å². The first-order chi connectivity index (χ1) is 71.2. The molecule has 0 N–H and O–H groups in total. The normalized spacial score (nSPS) is 18.6. The van der Waals surface area contributed by atoms with E-state index in [9.17, 15) is 31.5 Å². The van der Waals surface area contributed by atoms with Crippen molar-refractivity contribution in [2.75, 3.05) is 0 Å². The van der Waals surface area contributed by atoms with Gasteiger partial charge in [-0.2, -0.15) is 27.5 Å². The molecule has 722 valence electrons. The predicted molar refractivity (Wildman–Crippen MR) is 580 cm³/mol. The summed E-state index contributed by atoms with van der Waals surface area (Å²) in [4.78, 5) is 76.8. The van der Waals surface area contributed by atoms with Crippen LogP contribution in [0.2, 0.25) is 30.1 Å². The van der Waals surface area contributed by atoms with Crippen LogP contribution in [0.4, 0.5) is 22.0 Å². The molecule has 0 fully saturated rings. The number of aliphatic imine (C=N–C) groups is 6. The van der Waals surface area contributed by atoms with E-state index in [1.54, 1.807) is 86.7 Å². The van der Waals surface area contributed by atoms with Crippen molar-refractivity contribution in [3.8, 4) is 67.5 Å². The first-order valence-corrected chi connectivity index (χ1v) is 48.6. The van der Waals surface area contributed by atoms with Crippen molar-refractivity contribution in [3.05, 3.63) is 428 Å². The summed E-state index contributed by atoms with van der Waals surface area (Å²) >= 11 is 36.0. The smallest absolute Gasteiger partial charge is 0.271 e. The molecule has 18 heterocycles. The Morgan fingerprint density at radius 3 is 0.830 bits per heavy atom. The Morgan fingerprint density at radius 2 is 0.517 bits per heavy atom. The monoisotopic (exact) mass is 2070 g/mol. The van der Waals surface area contributed by atoms with Crippen molar-refractivity contribution < 1.29 is 59.0 Å². The molecule has 12 aliphatic rings. The van der Waals surface area contributed by atoms with Crippen LogP contribution in [0.1, 0.15) is 74.9 Å². The van der Waals surface area contributed by atoms with Gasteiger partial charge in [0.05, 0.1) is 74.1 Å². The highest BCUT2D eigenvalue weighted by Crippen LogP contribution is 2.41. The molecule has 0 radical (unpaired) electrons. The lowest BCUT2D eigenvalue weighted by atomic mass is 9.98. The maximum atomic E-state index is 14.3. The molecular formula is C116H85Cl6F5N18O2+6. The van der Waals surface area contributed by atoms with Crippen molar-refractivity contribution in [2.24, 2.45) is 30.0 Å². The summed E-state index contributed by atoms with van der Waals surface area (Å²) in [5.74, 6) is -2.78. The van der Waals surface area contributed by atoms with E-state index in [-0.39, 0.29) is 75.0 Å². The van der Waals surface area contributed by atoms with E-state index < -0.39 is 23.3 Å². The number of hydrogen-bond donors (Lipinski definition) is 0. The number of pyridine rings is 6. The molecule has 20 nitrogen and oxygen atoms in total. The number of nitrogens with zero attached hydrogens (tertiary/aromatic N) is 18. The molecule has 0 bridgehead atoms. The third-order valence-corrected chi connectivity index (χ3v) is 26.6. The quantitative estimate of drug-likeness (QED) is 0.0580. The van der Waals surface area contributed by atoms with Gasteiger partial charge in [0.25, 0.3) is 48.4 Å². The Hall–Kier alpha value is -16.1. The molecule has 147 heavy (non-hydrogen) atoms. The third-order valence-electron chi connectivity index (χ3n) is 25.1. The van der Waals surface area contributed by atoms with E-state index in [0.717, 1.165) is 135 Å². The second kappa shape index (κ2) is 43.8. The fourth-order valence-corrected chi connectivity index (χ4v) is 18.8. The minimum Gasteiger partial charge on any atom is -0.288 e. The zero-order valence-electron chi connectivity index (χ0n) is 79.2. The predicted octanol–water partition coefficient (Wildman–Crippen LogP) is 25.0. The number of halogens is 11. The molecule has 6 unspecified atom stereocenters. The number of allylic oxidation sites excluding steroid dienone is 12. The zero-order valence-corrected chi connectivity index (χ0v) is 83.7. The van der Waals surface area contributed by atoms with Gasteiger partial charge < -0.3 is 0 Å². The molecule has 24 rings (SSSR count). The summed E-state index contributed by atoms with van der Waals surface area (Å²) in [6.45, 7) is 11.2. The average molecular weight is 2070 g/mol. The number of benzene rings is 6. The number of carbonyl (C=O) groups excluding carboxylic acids is 2. The van der Waals surface area contributed by atoms with Gasteiger partial charge in [-0.15, -0.1) is 0 Å². The van der Waals surface area contributed by atoms with Crippen molar-refractivity contribution >= 4 is 186 Å². The Balaban J connectivity index is 0.000000111. The van der Waals surface area contributed by atoms with Gasteiger partial charge in [-0.05, 0) is 158 Å². The minimum atomic E-state index is -0.792. The summed E-state index contributed by atoms with van der Waals surface area (Å²) in [5.41, 5.74) is 25.0. The van der Waals surface area contributed by atoms with Crippen LogP contribution in [-0.4, -0.2) is 177 Å². The second-order valence-corrected chi connectivity index (χ2v) is 37.3. The van der Waals surface area contributed by atoms with Gasteiger partial charge in [0.2, 0.25) is 11.6 Å². The molecule has 6 atom stereocenters. The largest absolute Gasteiger partial charge is 0.288 e. The first kappa shape index (κ1) is 99.6. The Bertz CT molecular complexity index is 8370. The standard InChI is InChI=1S/C20H14ClFN3O.C20H15ClN3O.C19H13ClF2N3.2C19H14ClFN3.C19H15ClN3/c1-12(26)18-10-24-19-7-5-14(11-25(18)19)15-3-2-8-23-20(15)13-4-6-17(22)16(21)9-13;1-13(25)18-11-23-19-8-7-15(12-24(18)19)17-6-3-9-22-20(17)14-4-2-5-16(21)10-14;1-11-9-24-18-5-4-12(10-25(11)18)13-3-2-6-23-19(13)14-7-15(20)17(22)8-16(14)21;1-12-10-23-18-7-4-13(11-24(12)18)15-3-2-8-22-19(15)16-9-14(20)5-6-17(16)21;1-12-10-23-18-7-5-14(11-24(12)18)15-3-2-8-22-19(15)13-4-6-17(21)16(20)9-13;1-13-11-22-18-8-7-15(12-23(13)18)17-6-3-9-21-19(17)14-4-2-5-16(20)10-14/h2-11,19H,1H3;2-12,19H,1H3;2-10,18H,1H3;2*2-11,18H,1H3;2-12,18H,1H3/q6*+1. The summed E-state index contributed by atoms with van der Waals surface area (Å²) < 4.78 is 81.2. The number of rotatable bonds is 14. The van der Waals surface area contributed by atoms with Crippen molar-refractivity contribution in [3.63, 3.8) is 0 Å². The van der Waals surface area contributed by atoms with Crippen molar-refractivity contribution in [1.82, 2.24) is 29.9 Å². The topological polar surface area (TPSA) is 204 Å². The summed E-state index contributed by atoms with van der Waals surface area (Å²) in [7, 11) is 0. The fourth-order valence-electron chi connectivity index (χ4n) is 17.8. The SMILES string of the molecule is CC(=O)C1=[N+]2C=C(c3cccnc3-c3ccc(F)c(Cl)c3)C=CC2N=C1.CC(=O)C1=[N+]2C=C(c3cccnc3-c3cccc(Cl)c3)C=CC2N=C1.CC1=[N+]2C=C(c3cccnc3-c3cc(Cl)c(F)cc3F)C=CC2N=C1.CC1=[N+]2C=C(c3cccnc3-c3cc(Cl)ccc3F)C=CC2N=C1.CC1=[N+]2C=C(c3cccnc3-c3ccc(F)c(Cl)c3)C=CC2N=C1.CC1=[N+]2C=C(c3cccnc3-c3cccc(Cl)c3)C=CC2N=C1. The molecule has 0 saturated heterocycles. The molecule has 6 aromatic carbocycles. The molecule has 0 saturated carbocycles. The lowest BCUT2D eigenvalue weighted by Crippen LogP contribution is -2.26. The molecule has 31 heteroatoms. The van der Waals surface area contributed by atoms with Crippen LogP contribution in [0.15, 0.2) is 365 Å². The van der Waals surface area contributed by atoms with Crippen LogP contribution in [0.5, 0.6) is 0 Å². The van der Waals surface area contributed by atoms with E-state index in [1.807, 2.05) is 254 Å². The van der Waals surface area contributed by atoms with Gasteiger partial charge in [-0.25, -0.2) is 51.9 Å². The van der Waals surface area contributed by atoms with Crippen molar-refractivity contribution in [2.45, 2.75) is 78.5 Å². The highest BCUT2D eigenvalue weighted by molar-refractivity contribution is 6.60. The average Bonchev–Trinajstić information content (AvgIpc) is 1.45. The van der Waals surface area contributed by atoms with E-state index in [2.05, 4.69) is 117 Å². The number of aromatic nitrogens is 6. The third kappa shape index (κ3) is 21.7. The number of hydrogen-bond acceptors (Lipinski definition) is 14. The van der Waals surface area contributed by atoms with Gasteiger partial charge >= 0.3 is 0 Å². The lowest BCUT2D eigenvalue weighted by molar-refractivity contribution is -0.480. The zero-order chi connectivity index (χ0) is 102. The maximum Gasteiger partial charge on any atom is 0.271 e. The Kier molecular flexibility index (Phi) is 29.7. The maximum absolute atomic E-state index is 14.3. The highest BCUT2D eigenvalue weighted by atomic mass is 35.5. The number of fused-ring (bicyclic) bond motifs is 6. The molecule has 12 aliphatic heterocycles. The fraction of sp³-hybridized carbons (Fsp3) is 0.103. The Labute approximate surface area is 872 Å². The van der Waals surface area contributed by atoms with Crippen LogP contribution in [0.3, 0.4) is 0 Å². The van der Waals surface area contributed by atoms with Crippen LogP contribution in [-0.2, 0) is 9.59 Å². The van der Waals surface area contributed by atoms with E-state index in [1.165, 1.54) is 37.3 Å². The van der Waals surface area contributed by atoms with Gasteiger partial charge in [0.1, 0.15) is 41.5 Å². The van der Waals surface area contributed by atoms with Crippen LogP contribution in [0, 0.1) is 29.1 Å². The van der Waals surface area contributed by atoms with Crippen LogP contribution in [0.25, 0.3) is 101 Å². The molecule has 12 aromatic rings. The minimum absolute atomic E-state index is 0.00148. The number of carbonyl (C=O) groups is 2. The molecule has 0 amide bonds. The van der Waals surface area contributed by atoms with E-state index >= 15 is 0 Å². The van der Waals surface area contributed by atoms with E-state index in [0.29, 0.717) is 49.1 Å². The van der Waals surface area contributed by atoms with E-state index in [4.69, 9.17) is 69.6 Å². The summed E-state index contributed by atoms with van der Waals surface area (Å²) in [5, 5.41) is 1.86. The molecule has 0 spiro atoms. The molecular weight excluding hydrogens is 1990 g/mol. The molecule has 6 aromatic heterocycles. The molecule has 0 aliphatic carbocycles. The lowest BCUT2D eigenvalue weighted by Gasteiger charge is -2.13. The first-order valence-electron chi connectivity index (χ1n) is 46.4. The van der Waals surface area contributed by atoms with Gasteiger partial charge in [-0.3, -0.25) is 39.5 Å². The highest BCUT2D eigenvalue weighted by Gasteiger charge is 2.38. The summed E-state index contributed by atoms with van der Waals surface area (Å²) in [6, 6.07) is 54.2. The number of ketones is 2. The Morgan fingerprint density at radius 1 is 0.252 bits per heavy atom. The summed E-state index contributed by atoms with van der Waals surface area (Å²) in [6.07, 6.45) is 56.8.